The van der Waals surface area contributed by atoms with E-state index in [0.29, 0.717) is 11.5 Å². The van der Waals surface area contributed by atoms with Crippen molar-refractivity contribution < 1.29 is 28.9 Å². The van der Waals surface area contributed by atoms with Crippen LogP contribution in [0.15, 0.2) is 71.4 Å². The van der Waals surface area contributed by atoms with Crippen LogP contribution in [0.1, 0.15) is 11.1 Å². The lowest BCUT2D eigenvalue weighted by atomic mass is 10.1. The van der Waals surface area contributed by atoms with E-state index < -0.39 is 15.8 Å². The van der Waals surface area contributed by atoms with Gasteiger partial charge in [0.05, 0.1) is 17.0 Å². The molecule has 0 unspecified atom stereocenters. The first kappa shape index (κ1) is 23.4. The van der Waals surface area contributed by atoms with Gasteiger partial charge in [0.1, 0.15) is 11.5 Å². The summed E-state index contributed by atoms with van der Waals surface area (Å²) < 4.78 is 15.8. The molecule has 3 aromatic carbocycles. The number of hydrogen-bond donors (Lipinski definition) is 0. The number of ether oxygens (including phenoxy) is 3. The lowest BCUT2D eigenvalue weighted by Gasteiger charge is -2.08. The molecule has 1 aliphatic rings. The van der Waals surface area contributed by atoms with Crippen LogP contribution in [0.2, 0.25) is 5.02 Å². The Balaban J connectivity index is 1.64. The zero-order chi connectivity index (χ0) is 25.1. The van der Waals surface area contributed by atoms with Gasteiger partial charge in [-0.25, -0.2) is 9.79 Å². The number of hydrogen-bond acceptors (Lipinski definition) is 9. The molecule has 12 heteroatoms. The average molecular weight is 496 g/mol. The summed E-state index contributed by atoms with van der Waals surface area (Å²) >= 11 is 5.91. The molecule has 11 nitrogen and oxygen atoms in total. The maximum absolute atomic E-state index is 12.3. The van der Waals surface area contributed by atoms with Gasteiger partial charge in [-0.05, 0) is 48.0 Å². The molecule has 35 heavy (non-hydrogen) atoms. The van der Waals surface area contributed by atoms with Gasteiger partial charge in [0.15, 0.2) is 5.70 Å². The zero-order valence-electron chi connectivity index (χ0n) is 17.8. The van der Waals surface area contributed by atoms with Crippen molar-refractivity contribution in [3.05, 3.63) is 103 Å². The number of non-ortho nitro benzene ring substituents is 1. The number of nitrogens with zero attached hydrogens (tertiary/aromatic N) is 3. The zero-order valence-corrected chi connectivity index (χ0v) is 18.6. The summed E-state index contributed by atoms with van der Waals surface area (Å²) in [5.74, 6) is -0.0507. The van der Waals surface area contributed by atoms with E-state index in [1.165, 1.54) is 37.5 Å². The van der Waals surface area contributed by atoms with E-state index in [0.717, 1.165) is 12.1 Å². The molecule has 0 bridgehead atoms. The lowest BCUT2D eigenvalue weighted by Crippen LogP contribution is -2.06. The van der Waals surface area contributed by atoms with Crippen molar-refractivity contribution in [2.45, 2.75) is 0 Å². The number of carbonyl (C=O) groups excluding carboxylic acids is 1. The quantitative estimate of drug-likeness (QED) is 0.186. The predicted molar refractivity (Wildman–Crippen MR) is 125 cm³/mol. The van der Waals surface area contributed by atoms with E-state index in [2.05, 4.69) is 4.99 Å². The van der Waals surface area contributed by atoms with E-state index in [1.807, 2.05) is 0 Å². The lowest BCUT2D eigenvalue weighted by molar-refractivity contribution is -0.385. The number of aliphatic imine (C=N–C) groups is 1. The van der Waals surface area contributed by atoms with Gasteiger partial charge in [0.25, 0.3) is 5.69 Å². The highest BCUT2D eigenvalue weighted by Gasteiger charge is 2.26. The van der Waals surface area contributed by atoms with Crippen LogP contribution >= 0.6 is 11.6 Å². The molecule has 1 heterocycles. The van der Waals surface area contributed by atoms with Crippen molar-refractivity contribution >= 4 is 40.9 Å². The third kappa shape index (κ3) is 5.25. The Hall–Kier alpha value is -4.77. The highest BCUT2D eigenvalue weighted by atomic mass is 35.5. The first-order valence-electron chi connectivity index (χ1n) is 9.82. The van der Waals surface area contributed by atoms with Gasteiger partial charge >= 0.3 is 11.7 Å². The van der Waals surface area contributed by atoms with Gasteiger partial charge in [-0.2, -0.15) is 0 Å². The smallest absolute Gasteiger partial charge is 0.363 e. The van der Waals surface area contributed by atoms with Gasteiger partial charge in [-0.1, -0.05) is 17.7 Å². The molecular formula is C23H14ClN3O8. The van der Waals surface area contributed by atoms with E-state index >= 15 is 0 Å². The van der Waals surface area contributed by atoms with Crippen molar-refractivity contribution in [1.29, 1.82) is 0 Å². The fourth-order valence-electron chi connectivity index (χ4n) is 3.12. The number of benzene rings is 3. The molecule has 4 rings (SSSR count). The molecule has 0 spiro atoms. The summed E-state index contributed by atoms with van der Waals surface area (Å²) in [4.78, 5) is 37.8. The van der Waals surface area contributed by atoms with Crippen LogP contribution in [-0.2, 0) is 9.53 Å². The molecular weight excluding hydrogens is 482 g/mol. The molecule has 176 valence electrons. The summed E-state index contributed by atoms with van der Waals surface area (Å²) in [7, 11) is 1.51. The Morgan fingerprint density at radius 3 is 2.34 bits per heavy atom. The Kier molecular flexibility index (Phi) is 6.42. The molecule has 0 N–H and O–H groups in total. The minimum absolute atomic E-state index is 0.00765. The molecule has 0 aromatic heterocycles. The molecule has 0 fully saturated rings. The molecule has 1 aliphatic heterocycles. The first-order valence-corrected chi connectivity index (χ1v) is 10.2. The normalized spacial score (nSPS) is 13.8. The van der Waals surface area contributed by atoms with E-state index in [1.54, 1.807) is 24.3 Å². The van der Waals surface area contributed by atoms with Crippen LogP contribution in [0.5, 0.6) is 17.2 Å². The molecule has 0 saturated carbocycles. The van der Waals surface area contributed by atoms with Crippen molar-refractivity contribution in [2.24, 2.45) is 4.99 Å². The summed E-state index contributed by atoms with van der Waals surface area (Å²) in [6.07, 6.45) is 1.29. The number of esters is 1. The van der Waals surface area contributed by atoms with Gasteiger partial charge in [0.2, 0.25) is 11.6 Å². The minimum Gasteiger partial charge on any atom is -0.497 e. The molecule has 0 atom stereocenters. The number of rotatable bonds is 7. The Morgan fingerprint density at radius 1 is 0.971 bits per heavy atom. The fourth-order valence-corrected chi connectivity index (χ4v) is 3.35. The Morgan fingerprint density at radius 2 is 1.69 bits per heavy atom. The number of methoxy groups -OCH3 is 1. The SMILES string of the molecule is COc1ccc(Oc2ccc(C=C3N=C(c4cc(Cl)cc([N+](=O)[O-])c4)OC3=O)cc2[N+](=O)[O-])cc1. The summed E-state index contributed by atoms with van der Waals surface area (Å²) in [6, 6.07) is 14.3. The summed E-state index contributed by atoms with van der Waals surface area (Å²) in [5.41, 5.74) is -0.369. The summed E-state index contributed by atoms with van der Waals surface area (Å²) in [5, 5.41) is 22.7. The van der Waals surface area contributed by atoms with Crippen LogP contribution in [-0.4, -0.2) is 28.8 Å². The highest BCUT2D eigenvalue weighted by Crippen LogP contribution is 2.34. The largest absolute Gasteiger partial charge is 0.497 e. The third-order valence-electron chi connectivity index (χ3n) is 4.73. The average Bonchev–Trinajstić information content (AvgIpc) is 3.20. The number of cyclic esters (lactones) is 1. The maximum atomic E-state index is 12.3. The monoisotopic (exact) mass is 495 g/mol. The third-order valence-corrected chi connectivity index (χ3v) is 4.95. The fraction of sp³-hybridized carbons (Fsp3) is 0.0435. The second kappa shape index (κ2) is 9.61. The van der Waals surface area contributed by atoms with Crippen LogP contribution in [0.25, 0.3) is 6.08 Å². The Bertz CT molecular complexity index is 1420. The second-order valence-corrected chi connectivity index (χ2v) is 7.49. The number of nitro benzene ring substituents is 2. The van der Waals surface area contributed by atoms with E-state index in [4.69, 9.17) is 25.8 Å². The molecule has 0 amide bonds. The first-order chi connectivity index (χ1) is 16.7. The van der Waals surface area contributed by atoms with Gasteiger partial charge in [-0.15, -0.1) is 0 Å². The van der Waals surface area contributed by atoms with Crippen molar-refractivity contribution in [3.63, 3.8) is 0 Å². The number of halogens is 1. The maximum Gasteiger partial charge on any atom is 0.363 e. The minimum atomic E-state index is -0.830. The number of nitro groups is 2. The molecule has 0 aliphatic carbocycles. The molecule has 0 radical (unpaired) electrons. The molecule has 3 aromatic rings. The topological polar surface area (TPSA) is 143 Å². The van der Waals surface area contributed by atoms with Crippen LogP contribution in [0.3, 0.4) is 0 Å². The van der Waals surface area contributed by atoms with E-state index in [9.17, 15) is 25.0 Å². The van der Waals surface area contributed by atoms with Crippen molar-refractivity contribution in [3.8, 4) is 17.2 Å². The number of carbonyl (C=O) groups is 1. The highest BCUT2D eigenvalue weighted by molar-refractivity contribution is 6.31. The molecule has 0 saturated heterocycles. The standard InChI is InChI=1S/C23H14ClN3O8/c1-33-17-3-5-18(6-4-17)34-21-7-2-13(9-20(21)27(31)32)8-19-23(28)35-22(25-19)14-10-15(24)12-16(11-14)26(29)30/h2-12H,1H3. The summed E-state index contributed by atoms with van der Waals surface area (Å²) in [6.45, 7) is 0. The van der Waals surface area contributed by atoms with Gasteiger partial charge in [-0.3, -0.25) is 20.2 Å². The second-order valence-electron chi connectivity index (χ2n) is 7.05. The Labute approximate surface area is 202 Å². The van der Waals surface area contributed by atoms with E-state index in [-0.39, 0.29) is 44.9 Å². The van der Waals surface area contributed by atoms with Crippen LogP contribution in [0, 0.1) is 20.2 Å². The van der Waals surface area contributed by atoms with Gasteiger partial charge < -0.3 is 14.2 Å². The van der Waals surface area contributed by atoms with Crippen molar-refractivity contribution in [1.82, 2.24) is 0 Å². The van der Waals surface area contributed by atoms with Crippen molar-refractivity contribution in [2.75, 3.05) is 7.11 Å². The predicted octanol–water partition coefficient (Wildman–Crippen LogP) is 5.30. The van der Waals surface area contributed by atoms with Crippen LogP contribution in [0.4, 0.5) is 11.4 Å². The van der Waals surface area contributed by atoms with Crippen LogP contribution < -0.4 is 9.47 Å². The van der Waals surface area contributed by atoms with Gasteiger partial charge in [0, 0.05) is 28.8 Å².